The van der Waals surface area contributed by atoms with Gasteiger partial charge in [0.05, 0.1) is 11.2 Å². The zero-order chi connectivity index (χ0) is 8.81. The molecular formula is C9H15NOS. The SMILES string of the molecule is CCCC(CO)Cc1cscn1. The van der Waals surface area contributed by atoms with Crippen LogP contribution in [0.15, 0.2) is 10.9 Å². The Morgan fingerprint density at radius 3 is 3.00 bits per heavy atom. The summed E-state index contributed by atoms with van der Waals surface area (Å²) in [5.41, 5.74) is 2.96. The van der Waals surface area contributed by atoms with Gasteiger partial charge in [-0.2, -0.15) is 0 Å². The van der Waals surface area contributed by atoms with Gasteiger partial charge in [-0.05, 0) is 18.8 Å². The van der Waals surface area contributed by atoms with Crippen molar-refractivity contribution in [2.24, 2.45) is 5.92 Å². The quantitative estimate of drug-likeness (QED) is 0.762. The van der Waals surface area contributed by atoms with Crippen LogP contribution in [-0.4, -0.2) is 16.7 Å². The van der Waals surface area contributed by atoms with Crippen LogP contribution < -0.4 is 0 Å². The third-order valence-electron chi connectivity index (χ3n) is 1.94. The van der Waals surface area contributed by atoms with E-state index in [0.29, 0.717) is 5.92 Å². The molecule has 0 saturated heterocycles. The highest BCUT2D eigenvalue weighted by atomic mass is 32.1. The molecule has 0 bridgehead atoms. The molecule has 0 radical (unpaired) electrons. The summed E-state index contributed by atoms with van der Waals surface area (Å²) in [6.07, 6.45) is 3.15. The van der Waals surface area contributed by atoms with E-state index >= 15 is 0 Å². The predicted octanol–water partition coefficient (Wildman–Crippen LogP) is 2.09. The molecule has 0 aliphatic rings. The molecule has 12 heavy (non-hydrogen) atoms. The number of hydrogen-bond donors (Lipinski definition) is 1. The third-order valence-corrected chi connectivity index (χ3v) is 2.57. The predicted molar refractivity (Wildman–Crippen MR) is 51.3 cm³/mol. The van der Waals surface area contributed by atoms with Gasteiger partial charge in [0, 0.05) is 12.0 Å². The number of aliphatic hydroxyl groups is 1. The van der Waals surface area contributed by atoms with E-state index in [2.05, 4.69) is 17.3 Å². The van der Waals surface area contributed by atoms with Crippen molar-refractivity contribution in [1.29, 1.82) is 0 Å². The van der Waals surface area contributed by atoms with Crippen molar-refractivity contribution in [3.63, 3.8) is 0 Å². The van der Waals surface area contributed by atoms with Gasteiger partial charge in [-0.15, -0.1) is 11.3 Å². The van der Waals surface area contributed by atoms with Gasteiger partial charge in [0.2, 0.25) is 0 Å². The molecule has 0 fully saturated rings. The molecule has 2 nitrogen and oxygen atoms in total. The maximum Gasteiger partial charge on any atom is 0.0794 e. The van der Waals surface area contributed by atoms with Gasteiger partial charge in [0.1, 0.15) is 0 Å². The van der Waals surface area contributed by atoms with Gasteiger partial charge in [-0.3, -0.25) is 0 Å². The van der Waals surface area contributed by atoms with Crippen LogP contribution in [0.25, 0.3) is 0 Å². The van der Waals surface area contributed by atoms with Gasteiger partial charge in [0.15, 0.2) is 0 Å². The normalized spacial score (nSPS) is 13.2. The van der Waals surface area contributed by atoms with Crippen LogP contribution in [0.4, 0.5) is 0 Å². The number of nitrogens with zero attached hydrogens (tertiary/aromatic N) is 1. The lowest BCUT2D eigenvalue weighted by Gasteiger charge is -2.10. The largest absolute Gasteiger partial charge is 0.396 e. The Bertz CT molecular complexity index is 198. The maximum absolute atomic E-state index is 9.03. The summed E-state index contributed by atoms with van der Waals surface area (Å²) in [5.74, 6) is 0.400. The summed E-state index contributed by atoms with van der Waals surface area (Å²) in [7, 11) is 0. The van der Waals surface area contributed by atoms with E-state index in [1.165, 1.54) is 0 Å². The van der Waals surface area contributed by atoms with Crippen molar-refractivity contribution >= 4 is 11.3 Å². The second-order valence-electron chi connectivity index (χ2n) is 3.02. The fourth-order valence-corrected chi connectivity index (χ4v) is 1.87. The molecule has 1 N–H and O–H groups in total. The Labute approximate surface area is 77.3 Å². The Balaban J connectivity index is 2.37. The highest BCUT2D eigenvalue weighted by Gasteiger charge is 2.07. The van der Waals surface area contributed by atoms with Gasteiger partial charge in [-0.25, -0.2) is 4.98 Å². The number of thiazole rings is 1. The summed E-state index contributed by atoms with van der Waals surface area (Å²) < 4.78 is 0. The summed E-state index contributed by atoms with van der Waals surface area (Å²) in [5, 5.41) is 11.1. The van der Waals surface area contributed by atoms with Crippen LogP contribution in [0, 0.1) is 5.92 Å². The van der Waals surface area contributed by atoms with E-state index in [9.17, 15) is 0 Å². The van der Waals surface area contributed by atoms with Gasteiger partial charge in [-0.1, -0.05) is 13.3 Å². The molecule has 0 aliphatic carbocycles. The molecule has 1 aromatic heterocycles. The summed E-state index contributed by atoms with van der Waals surface area (Å²) >= 11 is 1.62. The fourth-order valence-electron chi connectivity index (χ4n) is 1.30. The number of hydrogen-bond acceptors (Lipinski definition) is 3. The van der Waals surface area contributed by atoms with Crippen molar-refractivity contribution in [1.82, 2.24) is 4.98 Å². The van der Waals surface area contributed by atoms with Crippen LogP contribution in [0.3, 0.4) is 0 Å². The fraction of sp³-hybridized carbons (Fsp3) is 0.667. The molecule has 0 spiro atoms. The van der Waals surface area contributed by atoms with E-state index in [-0.39, 0.29) is 6.61 Å². The second kappa shape index (κ2) is 5.27. The van der Waals surface area contributed by atoms with E-state index in [4.69, 9.17) is 5.11 Å². The maximum atomic E-state index is 9.03. The van der Waals surface area contributed by atoms with Crippen LogP contribution in [0.5, 0.6) is 0 Å². The van der Waals surface area contributed by atoms with Crippen molar-refractivity contribution in [3.8, 4) is 0 Å². The smallest absolute Gasteiger partial charge is 0.0794 e. The van der Waals surface area contributed by atoms with E-state index in [1.807, 2.05) is 5.51 Å². The minimum Gasteiger partial charge on any atom is -0.396 e. The van der Waals surface area contributed by atoms with Crippen LogP contribution in [0.1, 0.15) is 25.5 Å². The lowest BCUT2D eigenvalue weighted by Crippen LogP contribution is -2.09. The van der Waals surface area contributed by atoms with E-state index in [1.54, 1.807) is 11.3 Å². The van der Waals surface area contributed by atoms with Gasteiger partial charge < -0.3 is 5.11 Å². The van der Waals surface area contributed by atoms with Gasteiger partial charge in [0.25, 0.3) is 0 Å². The van der Waals surface area contributed by atoms with Crippen LogP contribution in [-0.2, 0) is 6.42 Å². The minimum absolute atomic E-state index is 0.283. The average Bonchev–Trinajstić information content (AvgIpc) is 2.56. The Morgan fingerprint density at radius 2 is 2.50 bits per heavy atom. The third kappa shape index (κ3) is 2.91. The van der Waals surface area contributed by atoms with E-state index in [0.717, 1.165) is 25.0 Å². The van der Waals surface area contributed by atoms with Crippen molar-refractivity contribution in [3.05, 3.63) is 16.6 Å². The number of rotatable bonds is 5. The first kappa shape index (κ1) is 9.68. The van der Waals surface area contributed by atoms with Crippen molar-refractivity contribution < 1.29 is 5.11 Å². The van der Waals surface area contributed by atoms with Crippen molar-refractivity contribution in [2.45, 2.75) is 26.2 Å². The summed E-state index contributed by atoms with van der Waals surface area (Å²) in [4.78, 5) is 4.19. The van der Waals surface area contributed by atoms with Crippen LogP contribution >= 0.6 is 11.3 Å². The molecular weight excluding hydrogens is 170 g/mol. The second-order valence-corrected chi connectivity index (χ2v) is 3.74. The molecule has 1 unspecified atom stereocenters. The highest BCUT2D eigenvalue weighted by molar-refractivity contribution is 7.07. The Morgan fingerprint density at radius 1 is 1.67 bits per heavy atom. The molecule has 0 saturated carbocycles. The highest BCUT2D eigenvalue weighted by Crippen LogP contribution is 2.13. The topological polar surface area (TPSA) is 33.1 Å². The molecule has 0 aromatic carbocycles. The standard InChI is InChI=1S/C9H15NOS/c1-2-3-8(5-11)4-9-6-12-7-10-9/h6-8,11H,2-5H2,1H3. The molecule has 1 rings (SSSR count). The zero-order valence-electron chi connectivity index (χ0n) is 7.36. The number of aliphatic hydroxyl groups excluding tert-OH is 1. The van der Waals surface area contributed by atoms with Crippen LogP contribution in [0.2, 0.25) is 0 Å². The Kier molecular flexibility index (Phi) is 4.25. The molecule has 68 valence electrons. The van der Waals surface area contributed by atoms with Crippen molar-refractivity contribution in [2.75, 3.05) is 6.61 Å². The minimum atomic E-state index is 0.283. The molecule has 0 amide bonds. The molecule has 1 heterocycles. The monoisotopic (exact) mass is 185 g/mol. The molecule has 1 atom stereocenters. The van der Waals surface area contributed by atoms with E-state index < -0.39 is 0 Å². The zero-order valence-corrected chi connectivity index (χ0v) is 8.18. The summed E-state index contributed by atoms with van der Waals surface area (Å²) in [6, 6.07) is 0. The molecule has 1 aromatic rings. The molecule has 3 heteroatoms. The first-order valence-electron chi connectivity index (χ1n) is 4.34. The first-order valence-corrected chi connectivity index (χ1v) is 5.29. The number of aromatic nitrogens is 1. The lowest BCUT2D eigenvalue weighted by molar-refractivity contribution is 0.216. The summed E-state index contributed by atoms with van der Waals surface area (Å²) in [6.45, 7) is 2.43. The molecule has 0 aliphatic heterocycles. The van der Waals surface area contributed by atoms with Gasteiger partial charge >= 0.3 is 0 Å². The lowest BCUT2D eigenvalue weighted by atomic mass is 10.00. The average molecular weight is 185 g/mol. The Hall–Kier alpha value is -0.410. The first-order chi connectivity index (χ1) is 5.86.